The van der Waals surface area contributed by atoms with Crippen LogP contribution in [0.5, 0.6) is 0 Å². The van der Waals surface area contributed by atoms with Gasteiger partial charge in [0.15, 0.2) is 5.78 Å². The number of aryl methyl sites for hydroxylation is 1. The fourth-order valence-corrected chi connectivity index (χ4v) is 1.99. The molecule has 0 amide bonds. The number of carbonyl (C=O) groups is 1. The van der Waals surface area contributed by atoms with E-state index in [-0.39, 0.29) is 5.78 Å². The molecule has 0 aromatic heterocycles. The van der Waals surface area contributed by atoms with Crippen molar-refractivity contribution >= 4 is 21.7 Å². The van der Waals surface area contributed by atoms with E-state index in [1.807, 2.05) is 30.4 Å². The quantitative estimate of drug-likeness (QED) is 0.817. The van der Waals surface area contributed by atoms with Crippen molar-refractivity contribution < 1.29 is 4.79 Å². The summed E-state index contributed by atoms with van der Waals surface area (Å²) in [6.07, 6.45) is 8.13. The normalized spacial score (nSPS) is 13.9. The van der Waals surface area contributed by atoms with Crippen LogP contribution in [0.3, 0.4) is 0 Å². The third-order valence-electron chi connectivity index (χ3n) is 2.68. The van der Waals surface area contributed by atoms with Gasteiger partial charge in [-0.2, -0.15) is 0 Å². The number of hydrogen-bond donors (Lipinski definition) is 0. The van der Waals surface area contributed by atoms with Crippen LogP contribution >= 0.6 is 15.9 Å². The fraction of sp³-hybridized carbons (Fsp3) is 0.214. The van der Waals surface area contributed by atoms with E-state index in [0.29, 0.717) is 6.42 Å². The molecule has 0 bridgehead atoms. The molecule has 0 unspecified atom stereocenters. The van der Waals surface area contributed by atoms with Crippen molar-refractivity contribution in [2.45, 2.75) is 19.3 Å². The van der Waals surface area contributed by atoms with Crippen LogP contribution in [0, 0.1) is 0 Å². The molecular weight excluding hydrogens is 264 g/mol. The zero-order valence-corrected chi connectivity index (χ0v) is 10.5. The van der Waals surface area contributed by atoms with Gasteiger partial charge in [0.2, 0.25) is 0 Å². The summed E-state index contributed by atoms with van der Waals surface area (Å²) in [4.78, 5) is 11.8. The van der Waals surface area contributed by atoms with E-state index in [1.165, 1.54) is 5.56 Å². The van der Waals surface area contributed by atoms with Gasteiger partial charge in [0.25, 0.3) is 0 Å². The highest BCUT2D eigenvalue weighted by Gasteiger charge is 2.09. The maximum Gasteiger partial charge on any atom is 0.159 e. The summed E-state index contributed by atoms with van der Waals surface area (Å²) in [6.45, 7) is 0. The molecule has 16 heavy (non-hydrogen) atoms. The number of halogens is 1. The van der Waals surface area contributed by atoms with Gasteiger partial charge in [-0.1, -0.05) is 46.3 Å². The minimum absolute atomic E-state index is 0.271. The fourth-order valence-electron chi connectivity index (χ4n) is 1.72. The van der Waals surface area contributed by atoms with Crippen molar-refractivity contribution in [1.82, 2.24) is 0 Å². The topological polar surface area (TPSA) is 17.1 Å². The third-order valence-corrected chi connectivity index (χ3v) is 3.21. The number of hydrogen-bond acceptors (Lipinski definition) is 1. The summed E-state index contributed by atoms with van der Waals surface area (Å²) in [6, 6.07) is 8.13. The van der Waals surface area contributed by atoms with E-state index >= 15 is 0 Å². The SMILES string of the molecule is O=C(CCc1ccc(Br)cc1)C1=CC=CC1. The molecule has 0 saturated carbocycles. The first-order valence-corrected chi connectivity index (χ1v) is 6.18. The van der Waals surface area contributed by atoms with Crippen molar-refractivity contribution in [1.29, 1.82) is 0 Å². The first-order chi connectivity index (χ1) is 7.75. The van der Waals surface area contributed by atoms with E-state index in [2.05, 4.69) is 28.1 Å². The zero-order valence-electron chi connectivity index (χ0n) is 8.95. The molecule has 2 heteroatoms. The molecule has 0 N–H and O–H groups in total. The number of Topliss-reactive ketones (excluding diaryl/α,β-unsaturated/α-hetero) is 1. The number of rotatable bonds is 4. The molecule has 1 aromatic carbocycles. The van der Waals surface area contributed by atoms with Crippen LogP contribution in [-0.2, 0) is 11.2 Å². The largest absolute Gasteiger partial charge is 0.295 e. The molecule has 0 atom stereocenters. The van der Waals surface area contributed by atoms with Crippen LogP contribution in [0.4, 0.5) is 0 Å². The third kappa shape index (κ3) is 2.92. The minimum atomic E-state index is 0.271. The van der Waals surface area contributed by atoms with Crippen molar-refractivity contribution in [3.8, 4) is 0 Å². The van der Waals surface area contributed by atoms with Crippen LogP contribution in [0.25, 0.3) is 0 Å². The minimum Gasteiger partial charge on any atom is -0.295 e. The molecular formula is C14H13BrO. The molecule has 82 valence electrons. The maximum absolute atomic E-state index is 11.8. The molecule has 0 fully saturated rings. The van der Waals surface area contributed by atoms with E-state index in [1.54, 1.807) is 0 Å². The van der Waals surface area contributed by atoms with Crippen LogP contribution in [0.1, 0.15) is 18.4 Å². The van der Waals surface area contributed by atoms with Crippen molar-refractivity contribution in [3.63, 3.8) is 0 Å². The van der Waals surface area contributed by atoms with E-state index < -0.39 is 0 Å². The molecule has 0 heterocycles. The number of allylic oxidation sites excluding steroid dienone is 4. The van der Waals surface area contributed by atoms with Crippen LogP contribution < -0.4 is 0 Å². The van der Waals surface area contributed by atoms with Crippen LogP contribution in [0.2, 0.25) is 0 Å². The predicted molar refractivity (Wildman–Crippen MR) is 69.3 cm³/mol. The van der Waals surface area contributed by atoms with Crippen molar-refractivity contribution in [2.75, 3.05) is 0 Å². The lowest BCUT2D eigenvalue weighted by Gasteiger charge is -2.02. The Balaban J connectivity index is 1.87. The number of benzene rings is 1. The Hall–Kier alpha value is -1.15. The highest BCUT2D eigenvalue weighted by Crippen LogP contribution is 2.16. The molecule has 0 aliphatic heterocycles. The summed E-state index contributed by atoms with van der Waals surface area (Å²) in [5.74, 6) is 0.271. The Kier molecular flexibility index (Phi) is 3.73. The van der Waals surface area contributed by atoms with E-state index in [4.69, 9.17) is 0 Å². The van der Waals surface area contributed by atoms with Gasteiger partial charge < -0.3 is 0 Å². The average Bonchev–Trinajstić information content (AvgIpc) is 2.81. The Bertz CT molecular complexity index is 440. The second-order valence-corrected chi connectivity index (χ2v) is 4.79. The summed E-state index contributed by atoms with van der Waals surface area (Å²) < 4.78 is 1.07. The lowest BCUT2D eigenvalue weighted by molar-refractivity contribution is -0.115. The Morgan fingerprint density at radius 3 is 2.62 bits per heavy atom. The standard InChI is InChI=1S/C14H13BrO/c15-13-8-5-11(6-9-13)7-10-14(16)12-3-1-2-4-12/h1-3,5-6,8-9H,4,7,10H2. The van der Waals surface area contributed by atoms with Gasteiger partial charge in [0.1, 0.15) is 0 Å². The molecule has 0 radical (unpaired) electrons. The molecule has 0 saturated heterocycles. The van der Waals surface area contributed by atoms with E-state index in [9.17, 15) is 4.79 Å². The summed E-state index contributed by atoms with van der Waals surface area (Å²) in [5, 5.41) is 0. The smallest absolute Gasteiger partial charge is 0.159 e. The van der Waals surface area contributed by atoms with Gasteiger partial charge in [-0.05, 0) is 36.1 Å². The summed E-state index contributed by atoms with van der Waals surface area (Å²) >= 11 is 3.40. The first kappa shape index (κ1) is 11.3. The lowest BCUT2D eigenvalue weighted by Crippen LogP contribution is -2.02. The average molecular weight is 277 g/mol. The Labute approximate surface area is 104 Å². The van der Waals surface area contributed by atoms with Gasteiger partial charge in [-0.3, -0.25) is 4.79 Å². The summed E-state index contributed by atoms with van der Waals surface area (Å²) in [7, 11) is 0. The van der Waals surface area contributed by atoms with Gasteiger partial charge in [0.05, 0.1) is 0 Å². The van der Waals surface area contributed by atoms with Crippen LogP contribution in [0.15, 0.2) is 52.5 Å². The van der Waals surface area contributed by atoms with Gasteiger partial charge in [-0.15, -0.1) is 0 Å². The molecule has 2 rings (SSSR count). The van der Waals surface area contributed by atoms with E-state index in [0.717, 1.165) is 22.9 Å². The van der Waals surface area contributed by atoms with Gasteiger partial charge >= 0.3 is 0 Å². The first-order valence-electron chi connectivity index (χ1n) is 5.39. The second-order valence-electron chi connectivity index (χ2n) is 3.87. The Morgan fingerprint density at radius 2 is 2.00 bits per heavy atom. The molecule has 1 nitrogen and oxygen atoms in total. The molecule has 1 aromatic rings. The van der Waals surface area contributed by atoms with Gasteiger partial charge in [-0.25, -0.2) is 0 Å². The van der Waals surface area contributed by atoms with Crippen LogP contribution in [-0.4, -0.2) is 5.78 Å². The monoisotopic (exact) mass is 276 g/mol. The summed E-state index contributed by atoms with van der Waals surface area (Å²) in [5.41, 5.74) is 2.15. The molecule has 0 spiro atoms. The Morgan fingerprint density at radius 1 is 1.25 bits per heavy atom. The van der Waals surface area contributed by atoms with Crippen molar-refractivity contribution in [2.24, 2.45) is 0 Å². The van der Waals surface area contributed by atoms with Gasteiger partial charge in [0, 0.05) is 10.9 Å². The highest BCUT2D eigenvalue weighted by molar-refractivity contribution is 9.10. The molecule has 1 aliphatic carbocycles. The number of carbonyl (C=O) groups excluding carboxylic acids is 1. The number of ketones is 1. The van der Waals surface area contributed by atoms with Crippen molar-refractivity contribution in [3.05, 3.63) is 58.1 Å². The zero-order chi connectivity index (χ0) is 11.4. The predicted octanol–water partition coefficient (Wildman–Crippen LogP) is 3.84. The molecule has 1 aliphatic rings. The maximum atomic E-state index is 11.8. The lowest BCUT2D eigenvalue weighted by atomic mass is 10.0. The second kappa shape index (κ2) is 5.26. The highest BCUT2D eigenvalue weighted by atomic mass is 79.9.